The summed E-state index contributed by atoms with van der Waals surface area (Å²) in [5.74, 6) is 0.774. The summed E-state index contributed by atoms with van der Waals surface area (Å²) in [6, 6.07) is 9.95. The van der Waals surface area contributed by atoms with E-state index in [1.165, 1.54) is 0 Å². The molecular formula is C15H23NO3. The van der Waals surface area contributed by atoms with E-state index in [4.69, 9.17) is 9.47 Å². The van der Waals surface area contributed by atoms with Crippen molar-refractivity contribution < 1.29 is 14.6 Å². The number of benzene rings is 1. The van der Waals surface area contributed by atoms with Crippen LogP contribution in [-0.2, 0) is 4.74 Å². The highest BCUT2D eigenvalue weighted by atomic mass is 16.5. The maximum Gasteiger partial charge on any atom is 0.134 e. The molecule has 0 aliphatic carbocycles. The number of ether oxygens (including phenoxy) is 2. The number of para-hydroxylation sites is 1. The van der Waals surface area contributed by atoms with Crippen LogP contribution in [0, 0.1) is 0 Å². The molecule has 4 heteroatoms. The van der Waals surface area contributed by atoms with Crippen LogP contribution in [0.4, 0.5) is 0 Å². The minimum atomic E-state index is -0.948. The van der Waals surface area contributed by atoms with Gasteiger partial charge in [-0.05, 0) is 26.0 Å². The maximum atomic E-state index is 10.6. The first-order chi connectivity index (χ1) is 9.09. The Hall–Kier alpha value is -1.10. The molecule has 1 aliphatic rings. The third-order valence-electron chi connectivity index (χ3n) is 3.37. The molecule has 1 aromatic carbocycles. The largest absolute Gasteiger partial charge is 0.490 e. The Balaban J connectivity index is 1.96. The van der Waals surface area contributed by atoms with Crippen molar-refractivity contribution in [1.82, 2.24) is 4.90 Å². The number of hydrogen-bond donors (Lipinski definition) is 1. The molecule has 1 unspecified atom stereocenters. The van der Waals surface area contributed by atoms with Gasteiger partial charge in [0.2, 0.25) is 0 Å². The average molecular weight is 265 g/mol. The molecule has 1 aromatic rings. The minimum Gasteiger partial charge on any atom is -0.490 e. The summed E-state index contributed by atoms with van der Waals surface area (Å²) in [6.45, 7) is 6.92. The highest BCUT2D eigenvalue weighted by Crippen LogP contribution is 2.17. The second kappa shape index (κ2) is 6.37. The maximum absolute atomic E-state index is 10.6. The van der Waals surface area contributed by atoms with Crippen LogP contribution in [0.3, 0.4) is 0 Å². The van der Waals surface area contributed by atoms with Gasteiger partial charge >= 0.3 is 0 Å². The van der Waals surface area contributed by atoms with Crippen LogP contribution in [0.5, 0.6) is 5.75 Å². The van der Waals surface area contributed by atoms with E-state index in [2.05, 4.69) is 18.7 Å². The number of β-amino-alcohol motifs (C(OH)–C–C–N with tert-alkyl or cyclic N) is 1. The predicted molar refractivity (Wildman–Crippen MR) is 74.4 cm³/mol. The fourth-order valence-corrected chi connectivity index (χ4v) is 2.21. The van der Waals surface area contributed by atoms with Crippen molar-refractivity contribution in [1.29, 1.82) is 0 Å². The molecule has 0 aromatic heterocycles. The van der Waals surface area contributed by atoms with Gasteiger partial charge in [-0.3, -0.25) is 4.90 Å². The van der Waals surface area contributed by atoms with Gasteiger partial charge in [0, 0.05) is 19.1 Å². The fraction of sp³-hybridized carbons (Fsp3) is 0.600. The summed E-state index contributed by atoms with van der Waals surface area (Å²) in [4.78, 5) is 2.22. The Kier molecular flexibility index (Phi) is 4.80. The van der Waals surface area contributed by atoms with E-state index >= 15 is 0 Å². The molecule has 1 saturated heterocycles. The van der Waals surface area contributed by atoms with Crippen molar-refractivity contribution in [3.63, 3.8) is 0 Å². The molecule has 19 heavy (non-hydrogen) atoms. The summed E-state index contributed by atoms with van der Waals surface area (Å²) in [5, 5.41) is 10.6. The molecule has 0 amide bonds. The summed E-state index contributed by atoms with van der Waals surface area (Å²) < 4.78 is 11.2. The van der Waals surface area contributed by atoms with Gasteiger partial charge in [0.25, 0.3) is 0 Å². The van der Waals surface area contributed by atoms with Gasteiger partial charge in [0.1, 0.15) is 18.0 Å². The molecule has 4 nitrogen and oxygen atoms in total. The lowest BCUT2D eigenvalue weighted by Crippen LogP contribution is -2.50. The Morgan fingerprint density at radius 1 is 1.37 bits per heavy atom. The standard InChI is InChI=1S/C15H23NO3/c1-13(2)16-8-9-18-11-15(17,10-16)12-19-14-6-4-3-5-7-14/h3-7,13,17H,8-12H2,1-2H3. The Labute approximate surface area is 114 Å². The molecule has 2 rings (SSSR count). The van der Waals surface area contributed by atoms with Crippen LogP contribution >= 0.6 is 0 Å². The molecule has 0 saturated carbocycles. The quantitative estimate of drug-likeness (QED) is 0.896. The summed E-state index contributed by atoms with van der Waals surface area (Å²) in [5.41, 5.74) is -0.948. The van der Waals surface area contributed by atoms with E-state index in [1.54, 1.807) is 0 Å². The fourth-order valence-electron chi connectivity index (χ4n) is 2.21. The molecule has 0 bridgehead atoms. The lowest BCUT2D eigenvalue weighted by molar-refractivity contribution is -0.0661. The smallest absolute Gasteiger partial charge is 0.134 e. The van der Waals surface area contributed by atoms with E-state index in [0.29, 0.717) is 25.8 Å². The first-order valence-electron chi connectivity index (χ1n) is 6.81. The monoisotopic (exact) mass is 265 g/mol. The van der Waals surface area contributed by atoms with Crippen LogP contribution in [-0.4, -0.2) is 54.6 Å². The molecule has 1 atom stereocenters. The summed E-state index contributed by atoms with van der Waals surface area (Å²) in [7, 11) is 0. The van der Waals surface area contributed by atoms with E-state index < -0.39 is 5.60 Å². The van der Waals surface area contributed by atoms with E-state index in [-0.39, 0.29) is 6.61 Å². The second-order valence-corrected chi connectivity index (χ2v) is 5.44. The van der Waals surface area contributed by atoms with Gasteiger partial charge in [-0.15, -0.1) is 0 Å². The second-order valence-electron chi connectivity index (χ2n) is 5.44. The topological polar surface area (TPSA) is 41.9 Å². The highest BCUT2D eigenvalue weighted by Gasteiger charge is 2.34. The number of nitrogens with zero attached hydrogens (tertiary/aromatic N) is 1. The highest BCUT2D eigenvalue weighted by molar-refractivity contribution is 5.21. The van der Waals surface area contributed by atoms with E-state index in [0.717, 1.165) is 12.3 Å². The number of hydrogen-bond acceptors (Lipinski definition) is 4. The van der Waals surface area contributed by atoms with Crippen molar-refractivity contribution in [3.8, 4) is 5.75 Å². The normalized spacial score (nSPS) is 25.3. The van der Waals surface area contributed by atoms with Crippen LogP contribution in [0.15, 0.2) is 30.3 Å². The minimum absolute atomic E-state index is 0.250. The van der Waals surface area contributed by atoms with Crippen molar-refractivity contribution in [2.45, 2.75) is 25.5 Å². The van der Waals surface area contributed by atoms with Gasteiger partial charge in [-0.2, -0.15) is 0 Å². The van der Waals surface area contributed by atoms with Gasteiger partial charge in [0.05, 0.1) is 13.2 Å². The third-order valence-corrected chi connectivity index (χ3v) is 3.37. The molecule has 1 fully saturated rings. The first kappa shape index (κ1) is 14.3. The summed E-state index contributed by atoms with van der Waals surface area (Å²) in [6.07, 6.45) is 0. The van der Waals surface area contributed by atoms with Crippen LogP contribution in [0.2, 0.25) is 0 Å². The van der Waals surface area contributed by atoms with Crippen molar-refractivity contribution >= 4 is 0 Å². The van der Waals surface area contributed by atoms with E-state index in [9.17, 15) is 5.11 Å². The molecule has 1 heterocycles. The average Bonchev–Trinajstić information content (AvgIpc) is 2.61. The molecule has 1 aliphatic heterocycles. The van der Waals surface area contributed by atoms with Gasteiger partial charge in [-0.25, -0.2) is 0 Å². The lowest BCUT2D eigenvalue weighted by atomic mass is 10.1. The number of aliphatic hydroxyl groups is 1. The number of rotatable bonds is 4. The van der Waals surface area contributed by atoms with Gasteiger partial charge in [0.15, 0.2) is 0 Å². The van der Waals surface area contributed by atoms with Gasteiger partial charge in [-0.1, -0.05) is 18.2 Å². The molecule has 0 radical (unpaired) electrons. The lowest BCUT2D eigenvalue weighted by Gasteiger charge is -2.32. The van der Waals surface area contributed by atoms with E-state index in [1.807, 2.05) is 30.3 Å². The zero-order valence-corrected chi connectivity index (χ0v) is 11.7. The van der Waals surface area contributed by atoms with Crippen LogP contribution < -0.4 is 4.74 Å². The predicted octanol–water partition coefficient (Wildman–Crippen LogP) is 1.54. The van der Waals surface area contributed by atoms with Crippen molar-refractivity contribution in [2.24, 2.45) is 0 Å². The third kappa shape index (κ3) is 4.20. The SMILES string of the molecule is CC(C)N1CCOCC(O)(COc2ccccc2)C1. The van der Waals surface area contributed by atoms with Crippen LogP contribution in [0.1, 0.15) is 13.8 Å². The molecule has 0 spiro atoms. The summed E-state index contributed by atoms with van der Waals surface area (Å²) >= 11 is 0. The first-order valence-corrected chi connectivity index (χ1v) is 6.81. The van der Waals surface area contributed by atoms with Gasteiger partial charge < -0.3 is 14.6 Å². The van der Waals surface area contributed by atoms with Crippen LogP contribution in [0.25, 0.3) is 0 Å². The van der Waals surface area contributed by atoms with Crippen molar-refractivity contribution in [3.05, 3.63) is 30.3 Å². The Morgan fingerprint density at radius 3 is 2.79 bits per heavy atom. The Morgan fingerprint density at radius 2 is 2.11 bits per heavy atom. The van der Waals surface area contributed by atoms with Crippen molar-refractivity contribution in [2.75, 3.05) is 32.9 Å². The molecule has 106 valence electrons. The molecule has 1 N–H and O–H groups in total. The Bertz CT molecular complexity index is 382. The zero-order chi connectivity index (χ0) is 13.7. The molecular weight excluding hydrogens is 242 g/mol. The zero-order valence-electron chi connectivity index (χ0n) is 11.7.